The van der Waals surface area contributed by atoms with Crippen LogP contribution in [0.4, 0.5) is 0 Å². The second kappa shape index (κ2) is 4.76. The predicted molar refractivity (Wildman–Crippen MR) is 76.6 cm³/mol. The van der Waals surface area contributed by atoms with Crippen molar-refractivity contribution < 1.29 is 4.74 Å². The van der Waals surface area contributed by atoms with Gasteiger partial charge in [0.2, 0.25) is 0 Å². The van der Waals surface area contributed by atoms with Gasteiger partial charge in [-0.3, -0.25) is 4.68 Å². The molecular formula is C16H16N2O. The number of fused-ring (bicyclic) bond motifs is 1. The molecule has 0 N–H and O–H groups in total. The minimum atomic E-state index is 0.776. The smallest absolute Gasteiger partial charge is 0.130 e. The Hall–Kier alpha value is -2.29. The second-order valence-electron chi connectivity index (χ2n) is 4.58. The average molecular weight is 252 g/mol. The summed E-state index contributed by atoms with van der Waals surface area (Å²) < 4.78 is 7.45. The number of hydrogen-bond acceptors (Lipinski definition) is 2. The summed E-state index contributed by atoms with van der Waals surface area (Å²) in [6.45, 7) is 2.80. The zero-order valence-electron chi connectivity index (χ0n) is 11.1. The van der Waals surface area contributed by atoms with Gasteiger partial charge in [-0.2, -0.15) is 5.10 Å². The van der Waals surface area contributed by atoms with Crippen LogP contribution in [-0.4, -0.2) is 16.9 Å². The Morgan fingerprint density at radius 2 is 1.84 bits per heavy atom. The largest absolute Gasteiger partial charge is 0.496 e. The van der Waals surface area contributed by atoms with Gasteiger partial charge in [-0.15, -0.1) is 0 Å². The normalized spacial score (nSPS) is 10.8. The molecule has 3 nitrogen and oxygen atoms in total. The van der Waals surface area contributed by atoms with Crippen LogP contribution in [0.1, 0.15) is 11.3 Å². The maximum atomic E-state index is 5.42. The first-order valence-corrected chi connectivity index (χ1v) is 6.33. The SMILES string of the molecule is COc1cccc2c1c(C)nn2Cc1ccccc1. The first kappa shape index (κ1) is 11.8. The molecule has 1 heterocycles. The molecule has 0 bridgehead atoms. The Labute approximate surface area is 112 Å². The molecule has 3 heteroatoms. The van der Waals surface area contributed by atoms with Crippen molar-refractivity contribution in [1.29, 1.82) is 0 Å². The van der Waals surface area contributed by atoms with Gasteiger partial charge in [0.15, 0.2) is 0 Å². The summed E-state index contributed by atoms with van der Waals surface area (Å²) in [6, 6.07) is 16.4. The van der Waals surface area contributed by atoms with Gasteiger partial charge in [-0.1, -0.05) is 36.4 Å². The van der Waals surface area contributed by atoms with Crippen molar-refractivity contribution >= 4 is 10.9 Å². The summed E-state index contributed by atoms with van der Waals surface area (Å²) in [6.07, 6.45) is 0. The van der Waals surface area contributed by atoms with Crippen LogP contribution in [0.15, 0.2) is 48.5 Å². The van der Waals surface area contributed by atoms with Crippen molar-refractivity contribution in [1.82, 2.24) is 9.78 Å². The van der Waals surface area contributed by atoms with Crippen LogP contribution in [0.2, 0.25) is 0 Å². The lowest BCUT2D eigenvalue weighted by Crippen LogP contribution is -2.01. The first-order chi connectivity index (χ1) is 9.29. The molecule has 96 valence electrons. The van der Waals surface area contributed by atoms with E-state index in [1.54, 1.807) is 7.11 Å². The Morgan fingerprint density at radius 1 is 1.05 bits per heavy atom. The molecule has 3 aromatic rings. The zero-order chi connectivity index (χ0) is 13.2. The van der Waals surface area contributed by atoms with Crippen LogP contribution in [0.5, 0.6) is 5.75 Å². The topological polar surface area (TPSA) is 27.1 Å². The van der Waals surface area contributed by atoms with Crippen molar-refractivity contribution in [2.75, 3.05) is 7.11 Å². The Morgan fingerprint density at radius 3 is 2.58 bits per heavy atom. The fourth-order valence-corrected chi connectivity index (χ4v) is 2.43. The lowest BCUT2D eigenvalue weighted by molar-refractivity contribution is 0.419. The number of hydrogen-bond donors (Lipinski definition) is 0. The van der Waals surface area contributed by atoms with Crippen LogP contribution in [0.3, 0.4) is 0 Å². The van der Waals surface area contributed by atoms with Crippen molar-refractivity contribution in [3.05, 3.63) is 59.8 Å². The van der Waals surface area contributed by atoms with E-state index in [9.17, 15) is 0 Å². The number of nitrogens with zero attached hydrogens (tertiary/aromatic N) is 2. The Kier molecular flexibility index (Phi) is 2.95. The highest BCUT2D eigenvalue weighted by molar-refractivity contribution is 5.88. The maximum Gasteiger partial charge on any atom is 0.130 e. The lowest BCUT2D eigenvalue weighted by atomic mass is 10.2. The van der Waals surface area contributed by atoms with Gasteiger partial charge in [-0.25, -0.2) is 0 Å². The summed E-state index contributed by atoms with van der Waals surface area (Å²) in [5.41, 5.74) is 3.36. The molecule has 0 aliphatic heterocycles. The molecule has 0 radical (unpaired) electrons. The van der Waals surface area contributed by atoms with Crippen molar-refractivity contribution in [3.63, 3.8) is 0 Å². The lowest BCUT2D eigenvalue weighted by Gasteiger charge is -2.05. The fourth-order valence-electron chi connectivity index (χ4n) is 2.43. The molecule has 0 unspecified atom stereocenters. The minimum Gasteiger partial charge on any atom is -0.496 e. The standard InChI is InChI=1S/C16H16N2O/c1-12-16-14(9-6-10-15(16)19-2)18(17-12)11-13-7-4-3-5-8-13/h3-10H,11H2,1-2H3. The molecule has 2 aromatic carbocycles. The Bertz CT molecular complexity index is 701. The number of aryl methyl sites for hydroxylation is 1. The monoisotopic (exact) mass is 252 g/mol. The molecule has 1 aromatic heterocycles. The fraction of sp³-hybridized carbons (Fsp3) is 0.188. The van der Waals surface area contributed by atoms with Gasteiger partial charge in [-0.05, 0) is 24.6 Å². The summed E-state index contributed by atoms with van der Waals surface area (Å²) in [7, 11) is 1.70. The number of methoxy groups -OCH3 is 1. The third kappa shape index (κ3) is 2.08. The van der Waals surface area contributed by atoms with E-state index < -0.39 is 0 Å². The van der Waals surface area contributed by atoms with Gasteiger partial charge in [0.25, 0.3) is 0 Å². The molecular weight excluding hydrogens is 236 g/mol. The predicted octanol–water partition coefficient (Wildman–Crippen LogP) is 3.40. The third-order valence-corrected chi connectivity index (χ3v) is 3.31. The van der Waals surface area contributed by atoms with E-state index in [-0.39, 0.29) is 0 Å². The summed E-state index contributed by atoms with van der Waals surface area (Å²) >= 11 is 0. The summed E-state index contributed by atoms with van der Waals surface area (Å²) in [5, 5.41) is 5.73. The molecule has 0 amide bonds. The summed E-state index contributed by atoms with van der Waals surface area (Å²) in [4.78, 5) is 0. The molecule has 0 aliphatic rings. The van der Waals surface area contributed by atoms with E-state index in [1.807, 2.05) is 29.8 Å². The van der Waals surface area contributed by atoms with E-state index in [0.29, 0.717) is 0 Å². The molecule has 0 saturated carbocycles. The average Bonchev–Trinajstić information content (AvgIpc) is 2.77. The van der Waals surface area contributed by atoms with Crippen molar-refractivity contribution in [3.8, 4) is 5.75 Å². The van der Waals surface area contributed by atoms with Crippen LogP contribution < -0.4 is 4.74 Å². The molecule has 0 fully saturated rings. The molecule has 0 saturated heterocycles. The number of rotatable bonds is 3. The second-order valence-corrected chi connectivity index (χ2v) is 4.58. The maximum absolute atomic E-state index is 5.42. The number of aromatic nitrogens is 2. The highest BCUT2D eigenvalue weighted by Crippen LogP contribution is 2.28. The van der Waals surface area contributed by atoms with Crippen LogP contribution in [-0.2, 0) is 6.54 Å². The van der Waals surface area contributed by atoms with E-state index >= 15 is 0 Å². The quantitative estimate of drug-likeness (QED) is 0.714. The first-order valence-electron chi connectivity index (χ1n) is 6.33. The van der Waals surface area contributed by atoms with E-state index in [4.69, 9.17) is 4.74 Å². The van der Waals surface area contributed by atoms with Crippen LogP contribution in [0, 0.1) is 6.92 Å². The van der Waals surface area contributed by atoms with Gasteiger partial charge in [0.1, 0.15) is 5.75 Å². The molecule has 0 aliphatic carbocycles. The van der Waals surface area contributed by atoms with Crippen LogP contribution >= 0.6 is 0 Å². The third-order valence-electron chi connectivity index (χ3n) is 3.31. The highest BCUT2D eigenvalue weighted by atomic mass is 16.5. The van der Waals surface area contributed by atoms with Crippen molar-refractivity contribution in [2.45, 2.75) is 13.5 Å². The van der Waals surface area contributed by atoms with Crippen molar-refractivity contribution in [2.24, 2.45) is 0 Å². The van der Waals surface area contributed by atoms with Gasteiger partial charge < -0.3 is 4.74 Å². The van der Waals surface area contributed by atoms with Gasteiger partial charge in [0.05, 0.1) is 30.3 Å². The van der Waals surface area contributed by atoms with E-state index in [2.05, 4.69) is 35.4 Å². The van der Waals surface area contributed by atoms with Gasteiger partial charge >= 0.3 is 0 Å². The van der Waals surface area contributed by atoms with Gasteiger partial charge in [0, 0.05) is 0 Å². The highest BCUT2D eigenvalue weighted by Gasteiger charge is 2.11. The molecule has 0 atom stereocenters. The molecule has 3 rings (SSSR count). The summed E-state index contributed by atoms with van der Waals surface area (Å²) in [5.74, 6) is 0.884. The van der Waals surface area contributed by atoms with E-state index in [0.717, 1.165) is 28.9 Å². The number of benzene rings is 2. The minimum absolute atomic E-state index is 0.776. The Balaban J connectivity index is 2.10. The zero-order valence-corrected chi connectivity index (χ0v) is 11.1. The van der Waals surface area contributed by atoms with E-state index in [1.165, 1.54) is 5.56 Å². The molecule has 0 spiro atoms. The molecule has 19 heavy (non-hydrogen) atoms. The number of ether oxygens (including phenoxy) is 1. The van der Waals surface area contributed by atoms with Crippen LogP contribution in [0.25, 0.3) is 10.9 Å².